The SMILES string of the molecule is CSNCC1CN(c2cc(-c3cnc(/C=C\C(=N)C(F)F)[nH]3)ncn2)CC1C. The van der Waals surface area contributed by atoms with Crippen molar-refractivity contribution >= 4 is 29.6 Å². The van der Waals surface area contributed by atoms with E-state index in [1.165, 1.54) is 12.4 Å². The van der Waals surface area contributed by atoms with E-state index in [1.54, 1.807) is 18.1 Å². The van der Waals surface area contributed by atoms with Crippen molar-refractivity contribution in [1.82, 2.24) is 24.7 Å². The van der Waals surface area contributed by atoms with Crippen molar-refractivity contribution in [3.63, 3.8) is 0 Å². The van der Waals surface area contributed by atoms with Crippen molar-refractivity contribution in [3.8, 4) is 11.4 Å². The van der Waals surface area contributed by atoms with E-state index in [-0.39, 0.29) is 0 Å². The molecule has 1 aliphatic heterocycles. The molecular weight excluding hydrogens is 384 g/mol. The van der Waals surface area contributed by atoms with E-state index < -0.39 is 12.1 Å². The smallest absolute Gasteiger partial charge is 0.279 e. The highest BCUT2D eigenvalue weighted by Crippen LogP contribution is 2.28. The van der Waals surface area contributed by atoms with Crippen molar-refractivity contribution in [1.29, 1.82) is 5.41 Å². The van der Waals surface area contributed by atoms with Crippen LogP contribution in [-0.2, 0) is 0 Å². The molecule has 0 aromatic carbocycles. The Labute approximate surface area is 166 Å². The molecule has 1 saturated heterocycles. The van der Waals surface area contributed by atoms with Crippen LogP contribution in [0.3, 0.4) is 0 Å². The summed E-state index contributed by atoms with van der Waals surface area (Å²) in [6.07, 6.45) is 4.73. The highest BCUT2D eigenvalue weighted by atomic mass is 32.2. The molecular formula is C18H23F2N7S. The summed E-state index contributed by atoms with van der Waals surface area (Å²) in [5.74, 6) is 2.36. The van der Waals surface area contributed by atoms with E-state index in [0.29, 0.717) is 29.0 Å². The maximum atomic E-state index is 12.4. The van der Waals surface area contributed by atoms with Crippen LogP contribution in [0.25, 0.3) is 17.5 Å². The Kier molecular flexibility index (Phi) is 6.74. The van der Waals surface area contributed by atoms with Gasteiger partial charge in [-0.15, -0.1) is 0 Å². The van der Waals surface area contributed by atoms with Crippen LogP contribution in [0.4, 0.5) is 14.6 Å². The molecule has 0 saturated carbocycles. The fourth-order valence-electron chi connectivity index (χ4n) is 3.14. The highest BCUT2D eigenvalue weighted by molar-refractivity contribution is 7.96. The van der Waals surface area contributed by atoms with Gasteiger partial charge < -0.3 is 9.88 Å². The van der Waals surface area contributed by atoms with Crippen LogP contribution in [0.2, 0.25) is 0 Å². The number of anilines is 1. The normalized spacial score (nSPS) is 19.8. The first kappa shape index (κ1) is 20.4. The molecule has 0 aliphatic carbocycles. The second-order valence-corrected chi connectivity index (χ2v) is 7.42. The van der Waals surface area contributed by atoms with Crippen LogP contribution in [0.1, 0.15) is 12.7 Å². The summed E-state index contributed by atoms with van der Waals surface area (Å²) in [5.41, 5.74) is 0.593. The number of halogens is 2. The number of hydrogen-bond donors (Lipinski definition) is 3. The van der Waals surface area contributed by atoms with Crippen LogP contribution in [0.15, 0.2) is 24.7 Å². The molecule has 3 rings (SSSR count). The number of aromatic amines is 1. The Balaban J connectivity index is 1.71. The molecule has 150 valence electrons. The number of aromatic nitrogens is 4. The Morgan fingerprint density at radius 2 is 2.25 bits per heavy atom. The Hall–Kier alpha value is -2.33. The topological polar surface area (TPSA) is 93.6 Å². The average Bonchev–Trinajstić information content (AvgIpc) is 3.31. The molecule has 0 amide bonds. The maximum absolute atomic E-state index is 12.4. The minimum Gasteiger partial charge on any atom is -0.356 e. The van der Waals surface area contributed by atoms with Crippen molar-refractivity contribution in [3.05, 3.63) is 30.5 Å². The van der Waals surface area contributed by atoms with Gasteiger partial charge >= 0.3 is 0 Å². The van der Waals surface area contributed by atoms with E-state index in [4.69, 9.17) is 5.41 Å². The van der Waals surface area contributed by atoms with Crippen molar-refractivity contribution in [2.75, 3.05) is 30.8 Å². The molecule has 2 aromatic heterocycles. The van der Waals surface area contributed by atoms with Gasteiger partial charge in [-0.25, -0.2) is 23.7 Å². The van der Waals surface area contributed by atoms with Gasteiger partial charge in [0.05, 0.1) is 23.3 Å². The van der Waals surface area contributed by atoms with E-state index in [1.807, 2.05) is 12.3 Å². The highest BCUT2D eigenvalue weighted by Gasteiger charge is 2.30. The summed E-state index contributed by atoms with van der Waals surface area (Å²) in [6, 6.07) is 1.90. The Morgan fingerprint density at radius 3 is 3.00 bits per heavy atom. The molecule has 28 heavy (non-hydrogen) atoms. The molecule has 0 spiro atoms. The van der Waals surface area contributed by atoms with Gasteiger partial charge in [-0.2, -0.15) is 0 Å². The fraction of sp³-hybridized carbons (Fsp3) is 0.444. The van der Waals surface area contributed by atoms with Gasteiger partial charge in [-0.3, -0.25) is 10.1 Å². The van der Waals surface area contributed by atoms with Gasteiger partial charge in [0.1, 0.15) is 18.0 Å². The lowest BCUT2D eigenvalue weighted by Crippen LogP contribution is -2.24. The first-order chi connectivity index (χ1) is 13.5. The number of nitrogens with one attached hydrogen (secondary N) is 3. The van der Waals surface area contributed by atoms with Crippen molar-refractivity contribution in [2.45, 2.75) is 13.3 Å². The lowest BCUT2D eigenvalue weighted by Gasteiger charge is -2.17. The monoisotopic (exact) mass is 407 g/mol. The van der Waals surface area contributed by atoms with E-state index in [2.05, 4.69) is 36.5 Å². The maximum Gasteiger partial charge on any atom is 0.279 e. The number of H-pyrrole nitrogens is 1. The standard InChI is InChI=1S/C18H23F2N7S/c1-11-8-27(9-12(11)6-25-28-2)17-5-14(23-10-24-17)15-7-22-16(26-15)4-3-13(21)18(19)20/h3-5,7,10-12,18,21,25H,6,8-9H2,1-2H3,(H,22,26)/b4-3-,21-13?. The summed E-state index contributed by atoms with van der Waals surface area (Å²) >= 11 is 1.63. The third-order valence-corrected chi connectivity index (χ3v) is 5.22. The minimum absolute atomic E-state index is 0.388. The van der Waals surface area contributed by atoms with Gasteiger partial charge in [0, 0.05) is 25.7 Å². The predicted molar refractivity (Wildman–Crippen MR) is 109 cm³/mol. The molecule has 2 aromatic rings. The third-order valence-electron chi connectivity index (χ3n) is 4.76. The molecule has 10 heteroatoms. The first-order valence-corrected chi connectivity index (χ1v) is 10.1. The summed E-state index contributed by atoms with van der Waals surface area (Å²) in [4.78, 5) is 18.1. The Bertz CT molecular complexity index is 839. The minimum atomic E-state index is -2.80. The van der Waals surface area contributed by atoms with E-state index >= 15 is 0 Å². The largest absolute Gasteiger partial charge is 0.356 e. The third kappa shape index (κ3) is 4.93. The van der Waals surface area contributed by atoms with Crippen LogP contribution < -0.4 is 9.62 Å². The molecule has 7 nitrogen and oxygen atoms in total. The molecule has 1 fully saturated rings. The zero-order chi connectivity index (χ0) is 20.1. The number of imidazole rings is 1. The molecule has 0 radical (unpaired) electrons. The zero-order valence-corrected chi connectivity index (χ0v) is 16.5. The summed E-state index contributed by atoms with van der Waals surface area (Å²) in [5, 5.41) is 7.15. The molecule has 2 atom stereocenters. The van der Waals surface area contributed by atoms with Crippen LogP contribution in [0, 0.1) is 17.2 Å². The summed E-state index contributed by atoms with van der Waals surface area (Å²) in [6.45, 7) is 5.07. The van der Waals surface area contributed by atoms with Gasteiger partial charge in [-0.1, -0.05) is 18.9 Å². The fourth-order valence-corrected chi connectivity index (χ4v) is 3.52. The quantitative estimate of drug-likeness (QED) is 0.460. The van der Waals surface area contributed by atoms with Crippen LogP contribution >= 0.6 is 11.9 Å². The number of allylic oxidation sites excluding steroid dienone is 1. The van der Waals surface area contributed by atoms with Gasteiger partial charge in [-0.05, 0) is 30.2 Å². The summed E-state index contributed by atoms with van der Waals surface area (Å²) in [7, 11) is 0. The number of rotatable bonds is 8. The lowest BCUT2D eigenvalue weighted by molar-refractivity contribution is 0.226. The second kappa shape index (κ2) is 9.24. The average molecular weight is 407 g/mol. The molecule has 0 bridgehead atoms. The Morgan fingerprint density at radius 1 is 1.43 bits per heavy atom. The molecule has 1 aliphatic rings. The van der Waals surface area contributed by atoms with Gasteiger partial charge in [0.15, 0.2) is 0 Å². The molecule has 2 unspecified atom stereocenters. The number of alkyl halides is 2. The second-order valence-electron chi connectivity index (χ2n) is 6.73. The van der Waals surface area contributed by atoms with Crippen LogP contribution in [-0.4, -0.2) is 58.0 Å². The molecule has 3 heterocycles. The number of nitrogens with zero attached hydrogens (tertiary/aromatic N) is 4. The van der Waals surface area contributed by atoms with Crippen molar-refractivity contribution in [2.24, 2.45) is 11.8 Å². The summed E-state index contributed by atoms with van der Waals surface area (Å²) < 4.78 is 28.1. The van der Waals surface area contributed by atoms with Crippen LogP contribution in [0.5, 0.6) is 0 Å². The van der Waals surface area contributed by atoms with Crippen molar-refractivity contribution < 1.29 is 8.78 Å². The van der Waals surface area contributed by atoms with Gasteiger partial charge in [0.2, 0.25) is 0 Å². The van der Waals surface area contributed by atoms with E-state index in [0.717, 1.165) is 31.5 Å². The van der Waals surface area contributed by atoms with Gasteiger partial charge in [0.25, 0.3) is 6.43 Å². The predicted octanol–water partition coefficient (Wildman–Crippen LogP) is 3.10. The lowest BCUT2D eigenvalue weighted by atomic mass is 9.99. The molecule has 3 N–H and O–H groups in total. The zero-order valence-electron chi connectivity index (χ0n) is 15.7. The number of hydrogen-bond acceptors (Lipinski definition) is 7. The van der Waals surface area contributed by atoms with E-state index in [9.17, 15) is 8.78 Å². The first-order valence-electron chi connectivity index (χ1n) is 8.90.